The van der Waals surface area contributed by atoms with Gasteiger partial charge in [0.2, 0.25) is 0 Å². The van der Waals surface area contributed by atoms with Crippen molar-refractivity contribution in [2.75, 3.05) is 19.8 Å². The molecule has 2 N–H and O–H groups in total. The second-order valence-corrected chi connectivity index (χ2v) is 7.28. The summed E-state index contributed by atoms with van der Waals surface area (Å²) in [5.74, 6) is 0. The van der Waals surface area contributed by atoms with Crippen LogP contribution in [-0.2, 0) is 4.74 Å². The van der Waals surface area contributed by atoms with Crippen molar-refractivity contribution in [3.05, 3.63) is 0 Å². The van der Waals surface area contributed by atoms with Crippen LogP contribution in [0.2, 0.25) is 0 Å². The Morgan fingerprint density at radius 2 is 2.20 bits per heavy atom. The van der Waals surface area contributed by atoms with E-state index in [0.29, 0.717) is 24.2 Å². The number of hydrogen-bond donors (Lipinski definition) is 2. The molecule has 4 heteroatoms. The van der Waals surface area contributed by atoms with E-state index >= 15 is 0 Å². The van der Waals surface area contributed by atoms with Crippen LogP contribution < -0.4 is 5.32 Å². The zero-order chi connectivity index (χ0) is 14.2. The Morgan fingerprint density at radius 3 is 2.95 bits per heavy atom. The zero-order valence-electron chi connectivity index (χ0n) is 13.0. The van der Waals surface area contributed by atoms with Crippen molar-refractivity contribution in [1.29, 1.82) is 0 Å². The molecule has 116 valence electrons. The summed E-state index contributed by atoms with van der Waals surface area (Å²) in [6, 6.07) is 1.70. The zero-order valence-corrected chi connectivity index (χ0v) is 13.0. The van der Waals surface area contributed by atoms with Crippen molar-refractivity contribution < 1.29 is 9.84 Å². The molecular formula is C16H30N2O2. The van der Waals surface area contributed by atoms with Crippen LogP contribution in [0.4, 0.5) is 0 Å². The molecule has 20 heavy (non-hydrogen) atoms. The summed E-state index contributed by atoms with van der Waals surface area (Å²) in [6.07, 6.45) is 7.73. The summed E-state index contributed by atoms with van der Waals surface area (Å²) in [6.45, 7) is 6.58. The number of morpholine rings is 1. The maximum atomic E-state index is 9.86. The van der Waals surface area contributed by atoms with E-state index in [1.807, 2.05) is 0 Å². The highest BCUT2D eigenvalue weighted by Crippen LogP contribution is 2.38. The average Bonchev–Trinajstić information content (AvgIpc) is 3.04. The number of nitrogens with one attached hydrogen (secondary N) is 1. The Balaban J connectivity index is 1.66. The molecule has 4 unspecified atom stereocenters. The molecule has 3 rings (SSSR count). The Kier molecular flexibility index (Phi) is 4.37. The van der Waals surface area contributed by atoms with Crippen molar-refractivity contribution in [2.45, 2.75) is 82.1 Å². The SMILES string of the molecule is CC(C)NC1(CO)CCC(N2CCOC3CCCC32)C1. The molecule has 0 amide bonds. The van der Waals surface area contributed by atoms with Crippen molar-refractivity contribution >= 4 is 0 Å². The first-order chi connectivity index (χ1) is 9.63. The molecule has 0 radical (unpaired) electrons. The second-order valence-electron chi connectivity index (χ2n) is 7.28. The van der Waals surface area contributed by atoms with Gasteiger partial charge in [0.05, 0.1) is 19.3 Å². The number of nitrogens with zero attached hydrogens (tertiary/aromatic N) is 1. The first-order valence-electron chi connectivity index (χ1n) is 8.39. The third-order valence-electron chi connectivity index (χ3n) is 5.47. The van der Waals surface area contributed by atoms with Gasteiger partial charge in [0.25, 0.3) is 0 Å². The summed E-state index contributed by atoms with van der Waals surface area (Å²) in [4.78, 5) is 2.71. The van der Waals surface area contributed by atoms with Gasteiger partial charge in [-0.3, -0.25) is 4.90 Å². The number of rotatable bonds is 4. The smallest absolute Gasteiger partial charge is 0.0731 e. The minimum absolute atomic E-state index is 0.0504. The summed E-state index contributed by atoms with van der Waals surface area (Å²) in [5.41, 5.74) is -0.0504. The Bertz CT molecular complexity index is 336. The van der Waals surface area contributed by atoms with Crippen molar-refractivity contribution in [3.8, 4) is 0 Å². The molecule has 4 nitrogen and oxygen atoms in total. The lowest BCUT2D eigenvalue weighted by atomic mass is 9.96. The van der Waals surface area contributed by atoms with Gasteiger partial charge in [0, 0.05) is 30.2 Å². The van der Waals surface area contributed by atoms with Gasteiger partial charge in [-0.15, -0.1) is 0 Å². The van der Waals surface area contributed by atoms with E-state index in [1.54, 1.807) is 0 Å². The van der Waals surface area contributed by atoms with Gasteiger partial charge < -0.3 is 15.2 Å². The molecule has 1 heterocycles. The number of ether oxygens (including phenoxy) is 1. The molecule has 1 aliphatic heterocycles. The summed E-state index contributed by atoms with van der Waals surface area (Å²) in [7, 11) is 0. The molecule has 0 bridgehead atoms. The average molecular weight is 282 g/mol. The minimum atomic E-state index is -0.0504. The van der Waals surface area contributed by atoms with E-state index in [0.717, 1.165) is 26.0 Å². The minimum Gasteiger partial charge on any atom is -0.394 e. The van der Waals surface area contributed by atoms with Crippen LogP contribution in [-0.4, -0.2) is 59.5 Å². The van der Waals surface area contributed by atoms with Gasteiger partial charge in [-0.1, -0.05) is 13.8 Å². The fourth-order valence-electron chi connectivity index (χ4n) is 4.72. The number of fused-ring (bicyclic) bond motifs is 1. The lowest BCUT2D eigenvalue weighted by Gasteiger charge is -2.42. The molecule has 0 aromatic rings. The molecule has 2 aliphatic carbocycles. The first kappa shape index (κ1) is 14.8. The van der Waals surface area contributed by atoms with E-state index in [9.17, 15) is 5.11 Å². The lowest BCUT2D eigenvalue weighted by molar-refractivity contribution is -0.0720. The Morgan fingerprint density at radius 1 is 1.35 bits per heavy atom. The van der Waals surface area contributed by atoms with Crippen molar-refractivity contribution in [1.82, 2.24) is 10.2 Å². The van der Waals surface area contributed by atoms with Crippen LogP contribution in [0, 0.1) is 0 Å². The Hall–Kier alpha value is -0.160. The van der Waals surface area contributed by atoms with Gasteiger partial charge in [-0.2, -0.15) is 0 Å². The van der Waals surface area contributed by atoms with Crippen molar-refractivity contribution in [3.63, 3.8) is 0 Å². The predicted octanol–water partition coefficient (Wildman–Crippen LogP) is 1.52. The van der Waals surface area contributed by atoms with Gasteiger partial charge in [-0.25, -0.2) is 0 Å². The summed E-state index contributed by atoms with van der Waals surface area (Å²) >= 11 is 0. The summed E-state index contributed by atoms with van der Waals surface area (Å²) < 4.78 is 5.93. The standard InChI is InChI=1S/C16H30N2O2/c1-12(2)17-16(11-19)7-6-13(10-16)18-8-9-20-15-5-3-4-14(15)18/h12-15,17,19H,3-11H2,1-2H3. The van der Waals surface area contributed by atoms with Crippen LogP contribution in [0.15, 0.2) is 0 Å². The topological polar surface area (TPSA) is 44.7 Å². The highest BCUT2D eigenvalue weighted by molar-refractivity contribution is 5.03. The highest BCUT2D eigenvalue weighted by atomic mass is 16.5. The van der Waals surface area contributed by atoms with E-state index in [2.05, 4.69) is 24.1 Å². The molecule has 4 atom stereocenters. The lowest BCUT2D eigenvalue weighted by Crippen LogP contribution is -2.55. The maximum Gasteiger partial charge on any atom is 0.0731 e. The van der Waals surface area contributed by atoms with E-state index in [4.69, 9.17) is 4.74 Å². The van der Waals surface area contributed by atoms with Gasteiger partial charge >= 0.3 is 0 Å². The van der Waals surface area contributed by atoms with Crippen LogP contribution >= 0.6 is 0 Å². The Labute approximate surface area is 122 Å². The molecule has 3 fully saturated rings. The van der Waals surface area contributed by atoms with Gasteiger partial charge in [0.15, 0.2) is 0 Å². The fraction of sp³-hybridized carbons (Fsp3) is 1.00. The van der Waals surface area contributed by atoms with E-state index < -0.39 is 0 Å². The molecule has 0 aromatic carbocycles. The molecule has 1 saturated heterocycles. The van der Waals surface area contributed by atoms with Crippen molar-refractivity contribution in [2.24, 2.45) is 0 Å². The summed E-state index contributed by atoms with van der Waals surface area (Å²) in [5, 5.41) is 13.5. The van der Waals surface area contributed by atoms with Crippen LogP contribution in [0.3, 0.4) is 0 Å². The number of aliphatic hydroxyl groups excluding tert-OH is 1. The molecule has 2 saturated carbocycles. The normalized spacial score (nSPS) is 42.3. The molecule has 0 spiro atoms. The molecular weight excluding hydrogens is 252 g/mol. The van der Waals surface area contributed by atoms with E-state index in [-0.39, 0.29) is 12.1 Å². The van der Waals surface area contributed by atoms with Gasteiger partial charge in [0.1, 0.15) is 0 Å². The highest BCUT2D eigenvalue weighted by Gasteiger charge is 2.45. The van der Waals surface area contributed by atoms with Crippen LogP contribution in [0.5, 0.6) is 0 Å². The maximum absolute atomic E-state index is 9.86. The third-order valence-corrected chi connectivity index (χ3v) is 5.47. The van der Waals surface area contributed by atoms with Gasteiger partial charge in [-0.05, 0) is 38.5 Å². The first-order valence-corrected chi connectivity index (χ1v) is 8.39. The molecule has 3 aliphatic rings. The number of aliphatic hydroxyl groups is 1. The van der Waals surface area contributed by atoms with Crippen LogP contribution in [0.25, 0.3) is 0 Å². The molecule has 0 aromatic heterocycles. The largest absolute Gasteiger partial charge is 0.394 e. The second kappa shape index (κ2) is 5.91. The van der Waals surface area contributed by atoms with E-state index in [1.165, 1.54) is 25.7 Å². The predicted molar refractivity (Wildman–Crippen MR) is 79.8 cm³/mol. The quantitative estimate of drug-likeness (QED) is 0.821. The van der Waals surface area contributed by atoms with Crippen LogP contribution in [0.1, 0.15) is 52.4 Å². The monoisotopic (exact) mass is 282 g/mol. The fourth-order valence-corrected chi connectivity index (χ4v) is 4.72. The third kappa shape index (κ3) is 2.76. The number of hydrogen-bond acceptors (Lipinski definition) is 4.